The molecule has 0 aliphatic carbocycles. The Morgan fingerprint density at radius 2 is 1.28 bits per heavy atom. The summed E-state index contributed by atoms with van der Waals surface area (Å²) < 4.78 is 10.1. The summed E-state index contributed by atoms with van der Waals surface area (Å²) in [5.74, 6) is -1.82. The van der Waals surface area contributed by atoms with Gasteiger partial charge in [-0.05, 0) is 50.7 Å². The number of carbonyl (C=O) groups excluding carboxylic acids is 2. The van der Waals surface area contributed by atoms with Crippen LogP contribution in [0.25, 0.3) is 0 Å². The fourth-order valence-corrected chi connectivity index (χ4v) is 4.65. The topological polar surface area (TPSA) is 52.6 Å². The van der Waals surface area contributed by atoms with Crippen molar-refractivity contribution in [2.24, 2.45) is 5.92 Å². The molecule has 0 saturated heterocycles. The molecule has 0 aliphatic rings. The number of hydrogen-bond acceptors (Lipinski definition) is 4. The van der Waals surface area contributed by atoms with Gasteiger partial charge in [-0.15, -0.1) is 0 Å². The monoisotopic (exact) mass is 420 g/mol. The van der Waals surface area contributed by atoms with E-state index < -0.39 is 25.9 Å². The third-order valence-electron chi connectivity index (χ3n) is 5.03. The van der Waals surface area contributed by atoms with Gasteiger partial charge in [0, 0.05) is 8.07 Å². The number of esters is 2. The summed E-state index contributed by atoms with van der Waals surface area (Å²) >= 11 is 0. The van der Waals surface area contributed by atoms with Crippen LogP contribution >= 0.6 is 0 Å². The van der Waals surface area contributed by atoms with Crippen LogP contribution in [0.1, 0.15) is 57.1 Å². The molecule has 0 aliphatic heterocycles. The van der Waals surface area contributed by atoms with E-state index in [-0.39, 0.29) is 13.2 Å². The molecule has 29 heavy (non-hydrogen) atoms. The van der Waals surface area contributed by atoms with Gasteiger partial charge in [0.25, 0.3) is 0 Å². The van der Waals surface area contributed by atoms with Gasteiger partial charge in [0.05, 0.1) is 13.2 Å². The first-order valence-electron chi connectivity index (χ1n) is 11.2. The lowest BCUT2D eigenvalue weighted by molar-refractivity contribution is -0.161. The predicted octanol–water partition coefficient (Wildman–Crippen LogP) is 5.80. The zero-order chi connectivity index (χ0) is 21.7. The molecular weight excluding hydrogens is 380 g/mol. The van der Waals surface area contributed by atoms with Crippen LogP contribution in [0.4, 0.5) is 0 Å². The van der Waals surface area contributed by atoms with Crippen molar-refractivity contribution in [1.29, 1.82) is 0 Å². The van der Waals surface area contributed by atoms with Crippen molar-refractivity contribution >= 4 is 20.0 Å². The molecule has 164 valence electrons. The molecule has 4 nitrogen and oxygen atoms in total. The first-order chi connectivity index (χ1) is 13.8. The highest BCUT2D eigenvalue weighted by Gasteiger charge is 2.29. The number of carbonyl (C=O) groups is 2. The second-order valence-corrected chi connectivity index (χ2v) is 14.5. The minimum atomic E-state index is -0.886. The van der Waals surface area contributed by atoms with Crippen LogP contribution in [-0.2, 0) is 31.9 Å². The predicted molar refractivity (Wildman–Crippen MR) is 122 cm³/mol. The molecule has 0 radical (unpaired) electrons. The van der Waals surface area contributed by atoms with Crippen LogP contribution in [0.3, 0.4) is 0 Å². The largest absolute Gasteiger partial charge is 0.465 e. The van der Waals surface area contributed by atoms with E-state index >= 15 is 0 Å². The molecule has 0 heterocycles. The van der Waals surface area contributed by atoms with Gasteiger partial charge in [-0.1, -0.05) is 69.2 Å². The van der Waals surface area contributed by atoms with Crippen molar-refractivity contribution in [2.75, 3.05) is 13.2 Å². The maximum Gasteiger partial charge on any atom is 0.320 e. The summed E-state index contributed by atoms with van der Waals surface area (Å²) in [5, 5.41) is 0. The lowest BCUT2D eigenvalue weighted by Gasteiger charge is -2.15. The molecule has 0 unspecified atom stereocenters. The number of unbranched alkanes of at least 4 members (excludes halogenated alkanes) is 3. The van der Waals surface area contributed by atoms with Crippen molar-refractivity contribution in [1.82, 2.24) is 0 Å². The zero-order valence-corrected chi connectivity index (χ0v) is 20.1. The molecule has 0 amide bonds. The Hall–Kier alpha value is -1.62. The molecule has 0 fully saturated rings. The van der Waals surface area contributed by atoms with Crippen LogP contribution in [-0.4, -0.2) is 33.2 Å². The van der Waals surface area contributed by atoms with E-state index in [2.05, 4.69) is 43.9 Å². The van der Waals surface area contributed by atoms with Crippen LogP contribution in [0.2, 0.25) is 25.7 Å². The highest BCUT2D eigenvalue weighted by atomic mass is 28.3. The molecule has 1 aromatic carbocycles. The van der Waals surface area contributed by atoms with E-state index in [9.17, 15) is 9.59 Å². The number of hydrogen-bond donors (Lipinski definition) is 0. The number of benzene rings is 1. The molecule has 1 aromatic rings. The first-order valence-corrected chi connectivity index (χ1v) is 14.9. The summed E-state index contributed by atoms with van der Waals surface area (Å²) in [6.45, 7) is 11.3. The molecule has 0 saturated carbocycles. The van der Waals surface area contributed by atoms with Gasteiger partial charge >= 0.3 is 11.9 Å². The zero-order valence-electron chi connectivity index (χ0n) is 19.1. The van der Waals surface area contributed by atoms with Gasteiger partial charge in [-0.2, -0.15) is 0 Å². The van der Waals surface area contributed by atoms with E-state index in [1.54, 1.807) is 13.8 Å². The van der Waals surface area contributed by atoms with Gasteiger partial charge < -0.3 is 9.47 Å². The van der Waals surface area contributed by atoms with E-state index in [4.69, 9.17) is 9.47 Å². The van der Waals surface area contributed by atoms with Crippen LogP contribution in [0, 0.1) is 5.92 Å². The summed E-state index contributed by atoms with van der Waals surface area (Å²) in [6.07, 6.45) is 7.42. The number of ether oxygens (including phenoxy) is 2. The van der Waals surface area contributed by atoms with Crippen LogP contribution in [0.5, 0.6) is 0 Å². The normalized spacial score (nSPS) is 11.5. The first kappa shape index (κ1) is 25.4. The lowest BCUT2D eigenvalue weighted by atomic mass is 9.98. The minimum Gasteiger partial charge on any atom is -0.465 e. The third kappa shape index (κ3) is 11.2. The highest BCUT2D eigenvalue weighted by Crippen LogP contribution is 2.17. The molecule has 0 aromatic heterocycles. The van der Waals surface area contributed by atoms with Gasteiger partial charge in [-0.25, -0.2) is 0 Å². The Kier molecular flexibility index (Phi) is 11.9. The van der Waals surface area contributed by atoms with Crippen LogP contribution in [0.15, 0.2) is 24.3 Å². The fraction of sp³-hybridized carbons (Fsp3) is 0.667. The van der Waals surface area contributed by atoms with Gasteiger partial charge in [0.1, 0.15) is 0 Å². The molecular formula is C24H40O4Si. The molecule has 0 atom stereocenters. The lowest BCUT2D eigenvalue weighted by Crippen LogP contribution is -2.28. The smallest absolute Gasteiger partial charge is 0.320 e. The van der Waals surface area contributed by atoms with Gasteiger partial charge in [0.15, 0.2) is 5.92 Å². The Balaban J connectivity index is 2.42. The summed E-state index contributed by atoms with van der Waals surface area (Å²) in [4.78, 5) is 24.1. The van der Waals surface area contributed by atoms with Crippen molar-refractivity contribution < 1.29 is 19.1 Å². The van der Waals surface area contributed by atoms with E-state index in [0.717, 1.165) is 12.0 Å². The Labute approximate surface area is 178 Å². The second-order valence-electron chi connectivity index (χ2n) is 8.89. The molecule has 1 rings (SSSR count). The van der Waals surface area contributed by atoms with E-state index in [0.29, 0.717) is 12.8 Å². The maximum absolute atomic E-state index is 12.1. The van der Waals surface area contributed by atoms with Crippen molar-refractivity contribution in [3.05, 3.63) is 35.4 Å². The van der Waals surface area contributed by atoms with E-state index in [1.165, 1.54) is 37.3 Å². The molecule has 0 bridgehead atoms. The number of rotatable bonds is 14. The highest BCUT2D eigenvalue weighted by molar-refractivity contribution is 6.76. The standard InChI is InChI=1S/C24H40O4Si/c1-6-27-23(25)22(24(26)28-7-2)18-17-21-15-13-20(14-16-21)12-10-8-9-11-19-29(3,4)5/h13-16,22H,6-12,17-19H2,1-5H3. The Morgan fingerprint density at radius 1 is 0.793 bits per heavy atom. The minimum absolute atomic E-state index is 0.265. The average Bonchev–Trinajstić information content (AvgIpc) is 2.65. The summed E-state index contributed by atoms with van der Waals surface area (Å²) in [7, 11) is -0.886. The SMILES string of the molecule is CCOC(=O)C(CCc1ccc(CCCCCC[Si](C)(C)C)cc1)C(=O)OCC. The molecule has 0 N–H and O–H groups in total. The van der Waals surface area contributed by atoms with Crippen molar-refractivity contribution in [2.45, 2.75) is 84.5 Å². The Morgan fingerprint density at radius 3 is 1.76 bits per heavy atom. The molecule has 0 spiro atoms. The maximum atomic E-state index is 12.1. The summed E-state index contributed by atoms with van der Waals surface area (Å²) in [6, 6.07) is 9.98. The van der Waals surface area contributed by atoms with E-state index in [1.807, 2.05) is 0 Å². The van der Waals surface area contributed by atoms with Gasteiger partial charge in [0.2, 0.25) is 0 Å². The summed E-state index contributed by atoms with van der Waals surface area (Å²) in [5.41, 5.74) is 2.48. The molecule has 5 heteroatoms. The van der Waals surface area contributed by atoms with Crippen molar-refractivity contribution in [3.63, 3.8) is 0 Å². The number of aryl methyl sites for hydroxylation is 2. The van der Waals surface area contributed by atoms with Crippen molar-refractivity contribution in [3.8, 4) is 0 Å². The second kappa shape index (κ2) is 13.6. The average molecular weight is 421 g/mol. The van der Waals surface area contributed by atoms with Crippen LogP contribution < -0.4 is 0 Å². The van der Waals surface area contributed by atoms with Gasteiger partial charge in [-0.3, -0.25) is 9.59 Å². The fourth-order valence-electron chi connectivity index (χ4n) is 3.34. The quantitative estimate of drug-likeness (QED) is 0.165. The third-order valence-corrected chi connectivity index (χ3v) is 6.88. The Bertz CT molecular complexity index is 586.